The van der Waals surface area contributed by atoms with Gasteiger partial charge < -0.3 is 10.6 Å². The summed E-state index contributed by atoms with van der Waals surface area (Å²) in [6.45, 7) is 1.46. The largest absolute Gasteiger partial charge is 0.326 e. The van der Waals surface area contributed by atoms with Gasteiger partial charge in [0.05, 0.1) is 5.69 Å². The number of amides is 2. The van der Waals surface area contributed by atoms with E-state index in [-0.39, 0.29) is 24.0 Å². The van der Waals surface area contributed by atoms with E-state index in [2.05, 4.69) is 15.6 Å². The maximum absolute atomic E-state index is 12.3. The summed E-state index contributed by atoms with van der Waals surface area (Å²) in [6.07, 6.45) is 0.000433. The first-order valence-corrected chi connectivity index (χ1v) is 9.39. The second-order valence-corrected chi connectivity index (χ2v) is 7.51. The van der Waals surface area contributed by atoms with Gasteiger partial charge >= 0.3 is 0 Å². The summed E-state index contributed by atoms with van der Waals surface area (Å²) in [5.41, 5.74) is 1.69. The number of nitrogens with one attached hydrogen (secondary N) is 2. The lowest BCUT2D eigenvalue weighted by atomic mass is 10.1. The van der Waals surface area contributed by atoms with Gasteiger partial charge in [-0.15, -0.1) is 0 Å². The van der Waals surface area contributed by atoms with E-state index in [0.29, 0.717) is 27.1 Å². The third kappa shape index (κ3) is 5.18. The minimum atomic E-state index is -0.563. The van der Waals surface area contributed by atoms with E-state index in [1.807, 2.05) is 0 Å². The molecule has 2 aromatic carbocycles. The highest BCUT2D eigenvalue weighted by Gasteiger charge is 2.32. The lowest BCUT2D eigenvalue weighted by Gasteiger charge is -2.08. The SMILES string of the molecule is CC(=O)c1cccc(NC(=O)C[C@H]2SC(=Nc3ccc(Cl)cc3)NC2=O)c1. The quantitative estimate of drug-likeness (QED) is 0.746. The first kappa shape index (κ1) is 19.1. The normalized spacial score (nSPS) is 17.6. The second kappa shape index (κ2) is 8.37. The highest BCUT2D eigenvalue weighted by molar-refractivity contribution is 8.15. The van der Waals surface area contributed by atoms with Crippen molar-refractivity contribution in [3.8, 4) is 0 Å². The average Bonchev–Trinajstić information content (AvgIpc) is 2.96. The number of amidine groups is 1. The number of nitrogens with zero attached hydrogens (tertiary/aromatic N) is 1. The van der Waals surface area contributed by atoms with Gasteiger partial charge in [-0.25, -0.2) is 4.99 Å². The zero-order valence-electron chi connectivity index (χ0n) is 14.4. The highest BCUT2D eigenvalue weighted by atomic mass is 35.5. The Hall–Kier alpha value is -2.64. The van der Waals surface area contributed by atoms with Crippen LogP contribution in [0.15, 0.2) is 53.5 Å². The van der Waals surface area contributed by atoms with Crippen molar-refractivity contribution in [1.82, 2.24) is 5.32 Å². The summed E-state index contributed by atoms with van der Waals surface area (Å²) in [5, 5.41) is 5.88. The molecule has 0 unspecified atom stereocenters. The van der Waals surface area contributed by atoms with E-state index in [1.165, 1.54) is 18.7 Å². The third-order valence-corrected chi connectivity index (χ3v) is 5.09. The number of thioether (sulfide) groups is 1. The minimum absolute atomic E-state index is 0.000433. The molecule has 138 valence electrons. The van der Waals surface area contributed by atoms with Crippen molar-refractivity contribution in [2.75, 3.05) is 5.32 Å². The van der Waals surface area contributed by atoms with Crippen LogP contribution in [0.2, 0.25) is 5.02 Å². The molecule has 0 aliphatic carbocycles. The van der Waals surface area contributed by atoms with Crippen LogP contribution in [0.1, 0.15) is 23.7 Å². The molecule has 1 atom stereocenters. The van der Waals surface area contributed by atoms with E-state index >= 15 is 0 Å². The molecule has 0 aromatic heterocycles. The molecule has 1 aliphatic rings. The molecule has 1 aliphatic heterocycles. The number of ketones is 1. The van der Waals surface area contributed by atoms with Crippen LogP contribution < -0.4 is 10.6 Å². The Morgan fingerprint density at radius 3 is 2.67 bits per heavy atom. The molecule has 1 saturated heterocycles. The van der Waals surface area contributed by atoms with Gasteiger partial charge in [-0.3, -0.25) is 14.4 Å². The van der Waals surface area contributed by atoms with Gasteiger partial charge in [0.15, 0.2) is 11.0 Å². The standard InChI is InChI=1S/C19H16ClN3O3S/c1-11(24)12-3-2-4-15(9-12)21-17(25)10-16-18(26)23-19(27-16)22-14-7-5-13(20)6-8-14/h2-9,16H,10H2,1H3,(H,21,25)(H,22,23,26)/t16-/m1/s1. The molecule has 3 rings (SSSR count). The summed E-state index contributed by atoms with van der Waals surface area (Å²) in [4.78, 5) is 40.1. The van der Waals surface area contributed by atoms with Crippen LogP contribution in [0, 0.1) is 0 Å². The molecular weight excluding hydrogens is 386 g/mol. The van der Waals surface area contributed by atoms with Crippen LogP contribution >= 0.6 is 23.4 Å². The highest BCUT2D eigenvalue weighted by Crippen LogP contribution is 2.26. The Morgan fingerprint density at radius 1 is 1.22 bits per heavy atom. The Kier molecular flexibility index (Phi) is 5.93. The molecule has 6 nitrogen and oxygen atoms in total. The van der Waals surface area contributed by atoms with Crippen molar-refractivity contribution in [1.29, 1.82) is 0 Å². The lowest BCUT2D eigenvalue weighted by Crippen LogP contribution is -2.28. The van der Waals surface area contributed by atoms with E-state index in [1.54, 1.807) is 48.5 Å². The van der Waals surface area contributed by atoms with Gasteiger partial charge in [0.25, 0.3) is 0 Å². The molecule has 8 heteroatoms. The summed E-state index contributed by atoms with van der Waals surface area (Å²) >= 11 is 7.05. The maximum Gasteiger partial charge on any atom is 0.240 e. The summed E-state index contributed by atoms with van der Waals surface area (Å²) in [6, 6.07) is 13.6. The minimum Gasteiger partial charge on any atom is -0.326 e. The molecule has 2 aromatic rings. The molecule has 0 bridgehead atoms. The molecular formula is C19H16ClN3O3S. The summed E-state index contributed by atoms with van der Waals surface area (Å²) in [5.74, 6) is -0.656. The molecule has 1 heterocycles. The molecule has 0 radical (unpaired) electrons. The van der Waals surface area contributed by atoms with Crippen molar-refractivity contribution in [3.63, 3.8) is 0 Å². The fourth-order valence-corrected chi connectivity index (χ4v) is 3.54. The number of hydrogen-bond donors (Lipinski definition) is 2. The number of aliphatic imine (C=N–C) groups is 1. The van der Waals surface area contributed by atoms with Crippen LogP contribution in [0.3, 0.4) is 0 Å². The van der Waals surface area contributed by atoms with E-state index in [0.717, 1.165) is 0 Å². The fraction of sp³-hybridized carbons (Fsp3) is 0.158. The first-order valence-electron chi connectivity index (χ1n) is 8.13. The number of anilines is 1. The van der Waals surface area contributed by atoms with Crippen molar-refractivity contribution >= 4 is 57.5 Å². The Morgan fingerprint density at radius 2 is 1.96 bits per heavy atom. The van der Waals surface area contributed by atoms with Gasteiger partial charge in [-0.05, 0) is 43.3 Å². The van der Waals surface area contributed by atoms with Gasteiger partial charge in [0.1, 0.15) is 5.25 Å². The molecule has 2 amide bonds. The average molecular weight is 402 g/mol. The van der Waals surface area contributed by atoms with Crippen LogP contribution in [-0.4, -0.2) is 28.0 Å². The number of rotatable bonds is 5. The molecule has 27 heavy (non-hydrogen) atoms. The van der Waals surface area contributed by atoms with Crippen molar-refractivity contribution in [2.24, 2.45) is 4.99 Å². The van der Waals surface area contributed by atoms with Gasteiger partial charge in [-0.2, -0.15) is 0 Å². The predicted octanol–water partition coefficient (Wildman–Crippen LogP) is 3.79. The topological polar surface area (TPSA) is 87.6 Å². The van der Waals surface area contributed by atoms with Crippen LogP contribution in [0.25, 0.3) is 0 Å². The van der Waals surface area contributed by atoms with Gasteiger partial charge in [0, 0.05) is 22.7 Å². The van der Waals surface area contributed by atoms with Crippen molar-refractivity contribution in [2.45, 2.75) is 18.6 Å². The molecule has 1 fully saturated rings. The van der Waals surface area contributed by atoms with Crippen LogP contribution in [-0.2, 0) is 9.59 Å². The fourth-order valence-electron chi connectivity index (χ4n) is 2.42. The maximum atomic E-state index is 12.3. The van der Waals surface area contributed by atoms with E-state index < -0.39 is 5.25 Å². The third-order valence-electron chi connectivity index (χ3n) is 3.76. The number of carbonyl (C=O) groups excluding carboxylic acids is 3. The lowest BCUT2D eigenvalue weighted by molar-refractivity contribution is -0.122. The van der Waals surface area contributed by atoms with Gasteiger partial charge in [0.2, 0.25) is 11.8 Å². The number of Topliss-reactive ketones (excluding diaryl/α,β-unsaturated/α-hetero) is 1. The smallest absolute Gasteiger partial charge is 0.240 e. The van der Waals surface area contributed by atoms with Crippen molar-refractivity contribution in [3.05, 3.63) is 59.1 Å². The van der Waals surface area contributed by atoms with E-state index in [4.69, 9.17) is 11.6 Å². The number of halogens is 1. The van der Waals surface area contributed by atoms with Crippen LogP contribution in [0.5, 0.6) is 0 Å². The number of carbonyl (C=O) groups is 3. The first-order chi connectivity index (χ1) is 12.9. The van der Waals surface area contributed by atoms with Crippen LogP contribution in [0.4, 0.5) is 11.4 Å². The Bertz CT molecular complexity index is 928. The van der Waals surface area contributed by atoms with Crippen molar-refractivity contribution < 1.29 is 14.4 Å². The van der Waals surface area contributed by atoms with E-state index in [9.17, 15) is 14.4 Å². The second-order valence-electron chi connectivity index (χ2n) is 5.88. The van der Waals surface area contributed by atoms with Gasteiger partial charge in [-0.1, -0.05) is 35.5 Å². The Labute approximate surface area is 165 Å². The molecule has 0 saturated carbocycles. The summed E-state index contributed by atoms with van der Waals surface area (Å²) in [7, 11) is 0. The molecule has 0 spiro atoms. The Balaban J connectivity index is 1.61. The number of benzene rings is 2. The molecule has 2 N–H and O–H groups in total. The number of hydrogen-bond acceptors (Lipinski definition) is 5. The summed E-state index contributed by atoms with van der Waals surface area (Å²) < 4.78 is 0. The zero-order valence-corrected chi connectivity index (χ0v) is 15.9. The predicted molar refractivity (Wildman–Crippen MR) is 108 cm³/mol. The monoisotopic (exact) mass is 401 g/mol. The zero-order chi connectivity index (χ0) is 19.4.